The first-order chi connectivity index (χ1) is 9.63. The summed E-state index contributed by atoms with van der Waals surface area (Å²) in [5, 5.41) is 0.660. The van der Waals surface area contributed by atoms with Crippen LogP contribution < -0.4 is 4.31 Å². The summed E-state index contributed by atoms with van der Waals surface area (Å²) < 4.78 is 2.15. The smallest absolute Gasteiger partial charge is 0.166 e. The van der Waals surface area contributed by atoms with Crippen molar-refractivity contribution in [3.8, 4) is 0 Å². The fourth-order valence-electron chi connectivity index (χ4n) is 2.23. The Bertz CT molecular complexity index is 654. The number of ketones is 1. The average molecular weight is 304 g/mol. The molecule has 4 heteroatoms. The van der Waals surface area contributed by atoms with E-state index in [1.807, 2.05) is 12.1 Å². The molecule has 1 aliphatic rings. The molecule has 1 heterocycles. The third-order valence-corrected chi connectivity index (χ3v) is 4.63. The first-order valence-electron chi connectivity index (χ1n) is 6.48. The molecule has 0 amide bonds. The number of hydrogen-bond acceptors (Lipinski definition) is 3. The van der Waals surface area contributed by atoms with Gasteiger partial charge in [-0.1, -0.05) is 29.3 Å². The third kappa shape index (κ3) is 2.69. The van der Waals surface area contributed by atoms with Crippen LogP contribution in [0, 0.1) is 6.92 Å². The molecule has 2 aromatic rings. The minimum atomic E-state index is 0.192. The van der Waals surface area contributed by atoms with Crippen molar-refractivity contribution in [2.75, 3.05) is 10.8 Å². The molecule has 0 bridgehead atoms. The van der Waals surface area contributed by atoms with E-state index in [-0.39, 0.29) is 5.78 Å². The van der Waals surface area contributed by atoms with Crippen LogP contribution in [-0.2, 0) is 0 Å². The number of carbonyl (C=O) groups excluding carboxylic acids is 1. The predicted molar refractivity (Wildman–Crippen MR) is 84.8 cm³/mol. The van der Waals surface area contributed by atoms with E-state index in [0.717, 1.165) is 16.1 Å². The summed E-state index contributed by atoms with van der Waals surface area (Å²) in [6, 6.07) is 13.9. The molecule has 0 aliphatic carbocycles. The van der Waals surface area contributed by atoms with Gasteiger partial charge in [0.15, 0.2) is 5.78 Å². The fraction of sp³-hybridized carbons (Fsp3) is 0.188. The number of nitrogens with zero attached hydrogens (tertiary/aromatic N) is 1. The van der Waals surface area contributed by atoms with Crippen LogP contribution in [0.1, 0.15) is 22.3 Å². The van der Waals surface area contributed by atoms with Crippen molar-refractivity contribution in [1.82, 2.24) is 0 Å². The minimum Gasteiger partial charge on any atom is -0.311 e. The zero-order chi connectivity index (χ0) is 14.1. The molecule has 0 unspecified atom stereocenters. The topological polar surface area (TPSA) is 20.3 Å². The van der Waals surface area contributed by atoms with Crippen molar-refractivity contribution in [3.63, 3.8) is 0 Å². The maximum Gasteiger partial charge on any atom is 0.166 e. The van der Waals surface area contributed by atoms with Gasteiger partial charge in [-0.2, -0.15) is 0 Å². The molecule has 20 heavy (non-hydrogen) atoms. The summed E-state index contributed by atoms with van der Waals surface area (Å²) in [5.41, 5.74) is 2.92. The number of hydrogen-bond donors (Lipinski definition) is 0. The standard InChI is InChI=1S/C16H14ClNOS/c1-11-2-5-13(6-3-11)20-18-9-8-16(19)14-7-4-12(17)10-15(14)18/h2-7,10H,8-9H2,1H3. The predicted octanol–water partition coefficient (Wildman–Crippen LogP) is 4.75. The number of anilines is 1. The molecule has 0 atom stereocenters. The van der Waals surface area contributed by atoms with Gasteiger partial charge in [0.2, 0.25) is 0 Å². The van der Waals surface area contributed by atoms with E-state index in [2.05, 4.69) is 35.5 Å². The van der Waals surface area contributed by atoms with Gasteiger partial charge in [0, 0.05) is 28.4 Å². The van der Waals surface area contributed by atoms with Crippen LogP contribution in [0.3, 0.4) is 0 Å². The zero-order valence-corrected chi connectivity index (χ0v) is 12.7. The Labute approximate surface area is 127 Å². The highest BCUT2D eigenvalue weighted by atomic mass is 35.5. The van der Waals surface area contributed by atoms with Crippen molar-refractivity contribution in [2.45, 2.75) is 18.2 Å². The van der Waals surface area contributed by atoms with E-state index in [1.54, 1.807) is 18.0 Å². The van der Waals surface area contributed by atoms with Gasteiger partial charge in [-0.05, 0) is 49.2 Å². The largest absolute Gasteiger partial charge is 0.311 e. The van der Waals surface area contributed by atoms with E-state index in [1.165, 1.54) is 5.56 Å². The first kappa shape index (κ1) is 13.5. The number of halogens is 1. The van der Waals surface area contributed by atoms with Gasteiger partial charge in [0.05, 0.1) is 5.69 Å². The van der Waals surface area contributed by atoms with Gasteiger partial charge in [0.1, 0.15) is 0 Å². The summed E-state index contributed by atoms with van der Waals surface area (Å²) >= 11 is 7.72. The first-order valence-corrected chi connectivity index (χ1v) is 7.63. The Morgan fingerprint density at radius 1 is 1.15 bits per heavy atom. The molecule has 0 radical (unpaired) electrons. The maximum atomic E-state index is 12.0. The molecule has 0 saturated carbocycles. The highest BCUT2D eigenvalue weighted by Crippen LogP contribution is 2.36. The lowest BCUT2D eigenvalue weighted by Crippen LogP contribution is -2.26. The lowest BCUT2D eigenvalue weighted by Gasteiger charge is -2.29. The van der Waals surface area contributed by atoms with E-state index in [9.17, 15) is 4.79 Å². The molecule has 0 saturated heterocycles. The second-order valence-corrected chi connectivity index (χ2v) is 6.37. The van der Waals surface area contributed by atoms with Crippen LogP contribution >= 0.6 is 23.5 Å². The quantitative estimate of drug-likeness (QED) is 0.747. The fourth-order valence-corrected chi connectivity index (χ4v) is 3.34. The van der Waals surface area contributed by atoms with Crippen LogP contribution in [0.4, 0.5) is 5.69 Å². The molecule has 0 aromatic heterocycles. The molecule has 1 aliphatic heterocycles. The Morgan fingerprint density at radius 3 is 2.65 bits per heavy atom. The van der Waals surface area contributed by atoms with E-state index in [4.69, 9.17) is 11.6 Å². The number of benzene rings is 2. The SMILES string of the molecule is Cc1ccc(SN2CCC(=O)c3ccc(Cl)cc32)cc1. The Morgan fingerprint density at radius 2 is 1.90 bits per heavy atom. The second-order valence-electron chi connectivity index (χ2n) is 4.84. The normalized spacial score (nSPS) is 14.3. The van der Waals surface area contributed by atoms with Gasteiger partial charge >= 0.3 is 0 Å². The Kier molecular flexibility index (Phi) is 3.72. The summed E-state index contributed by atoms with van der Waals surface area (Å²) in [6.07, 6.45) is 0.549. The lowest BCUT2D eigenvalue weighted by atomic mass is 10.0. The van der Waals surface area contributed by atoms with Crippen LogP contribution in [0.15, 0.2) is 47.4 Å². The molecule has 2 nitrogen and oxygen atoms in total. The number of fused-ring (bicyclic) bond motifs is 1. The van der Waals surface area contributed by atoms with E-state index in [0.29, 0.717) is 18.0 Å². The third-order valence-electron chi connectivity index (χ3n) is 3.31. The minimum absolute atomic E-state index is 0.192. The van der Waals surface area contributed by atoms with Crippen LogP contribution in [-0.4, -0.2) is 12.3 Å². The van der Waals surface area contributed by atoms with Crippen molar-refractivity contribution in [1.29, 1.82) is 0 Å². The number of carbonyl (C=O) groups is 1. The second kappa shape index (κ2) is 5.51. The van der Waals surface area contributed by atoms with Gasteiger partial charge in [0.25, 0.3) is 0 Å². The number of aryl methyl sites for hydroxylation is 1. The van der Waals surface area contributed by atoms with Crippen molar-refractivity contribution in [2.24, 2.45) is 0 Å². The number of rotatable bonds is 2. The molecule has 0 N–H and O–H groups in total. The van der Waals surface area contributed by atoms with Crippen LogP contribution in [0.25, 0.3) is 0 Å². The van der Waals surface area contributed by atoms with Crippen molar-refractivity contribution in [3.05, 3.63) is 58.6 Å². The Balaban J connectivity index is 1.92. The van der Waals surface area contributed by atoms with Crippen molar-refractivity contribution < 1.29 is 4.79 Å². The molecule has 0 spiro atoms. The maximum absolute atomic E-state index is 12.0. The summed E-state index contributed by atoms with van der Waals surface area (Å²) in [5.74, 6) is 0.192. The summed E-state index contributed by atoms with van der Waals surface area (Å²) in [7, 11) is 0. The Hall–Kier alpha value is -1.45. The zero-order valence-electron chi connectivity index (χ0n) is 11.1. The van der Waals surface area contributed by atoms with Gasteiger partial charge < -0.3 is 4.31 Å². The molecule has 2 aromatic carbocycles. The number of Topliss-reactive ketones (excluding diaryl/α,β-unsaturated/α-hetero) is 1. The van der Waals surface area contributed by atoms with E-state index < -0.39 is 0 Å². The van der Waals surface area contributed by atoms with Crippen molar-refractivity contribution >= 4 is 35.0 Å². The monoisotopic (exact) mass is 303 g/mol. The molecule has 0 fully saturated rings. The molecule has 102 valence electrons. The lowest BCUT2D eigenvalue weighted by molar-refractivity contribution is 0.0982. The average Bonchev–Trinajstić information content (AvgIpc) is 2.44. The molecular weight excluding hydrogens is 290 g/mol. The summed E-state index contributed by atoms with van der Waals surface area (Å²) in [6.45, 7) is 2.79. The highest BCUT2D eigenvalue weighted by molar-refractivity contribution is 8.00. The van der Waals surface area contributed by atoms with Crippen LogP contribution in [0.2, 0.25) is 5.02 Å². The van der Waals surface area contributed by atoms with Gasteiger partial charge in [-0.15, -0.1) is 0 Å². The van der Waals surface area contributed by atoms with Gasteiger partial charge in [-0.3, -0.25) is 4.79 Å². The molecular formula is C16H14ClNOS. The molecule has 3 rings (SSSR count). The highest BCUT2D eigenvalue weighted by Gasteiger charge is 2.24. The van der Waals surface area contributed by atoms with Crippen LogP contribution in [0.5, 0.6) is 0 Å². The summed E-state index contributed by atoms with van der Waals surface area (Å²) in [4.78, 5) is 13.1. The van der Waals surface area contributed by atoms with E-state index >= 15 is 0 Å². The van der Waals surface area contributed by atoms with Gasteiger partial charge in [-0.25, -0.2) is 0 Å².